The quantitative estimate of drug-likeness (QED) is 0.677. The molecule has 22 heavy (non-hydrogen) atoms. The van der Waals surface area contributed by atoms with Crippen molar-refractivity contribution >= 4 is 17.5 Å². The predicted octanol–water partition coefficient (Wildman–Crippen LogP) is 1.73. The maximum absolute atomic E-state index is 12.1. The van der Waals surface area contributed by atoms with E-state index in [1.807, 2.05) is 0 Å². The number of rotatable bonds is 4. The highest BCUT2D eigenvalue weighted by atomic mass is 16.6. The Morgan fingerprint density at radius 2 is 1.86 bits per heavy atom. The molecule has 1 saturated heterocycles. The van der Waals surface area contributed by atoms with E-state index >= 15 is 0 Å². The summed E-state index contributed by atoms with van der Waals surface area (Å²) < 4.78 is 0. The van der Waals surface area contributed by atoms with Gasteiger partial charge >= 0.3 is 0 Å². The Hall–Kier alpha value is -2.44. The number of hydrogen-bond donors (Lipinski definition) is 1. The van der Waals surface area contributed by atoms with Gasteiger partial charge in [0.05, 0.1) is 11.5 Å². The summed E-state index contributed by atoms with van der Waals surface area (Å²) in [7, 11) is 0. The van der Waals surface area contributed by atoms with E-state index in [1.54, 1.807) is 4.90 Å². The zero-order chi connectivity index (χ0) is 15.9. The van der Waals surface area contributed by atoms with Crippen LogP contribution < -0.4 is 5.32 Å². The highest BCUT2D eigenvalue weighted by molar-refractivity contribution is 5.96. The number of benzene rings is 1. The summed E-state index contributed by atoms with van der Waals surface area (Å²) >= 11 is 0. The van der Waals surface area contributed by atoms with Crippen molar-refractivity contribution in [2.75, 3.05) is 19.6 Å². The summed E-state index contributed by atoms with van der Waals surface area (Å²) in [6, 6.07) is 5.45. The fourth-order valence-electron chi connectivity index (χ4n) is 2.45. The van der Waals surface area contributed by atoms with Gasteiger partial charge in [-0.05, 0) is 18.9 Å². The molecule has 118 valence electrons. The number of nitrogens with zero attached hydrogens (tertiary/aromatic N) is 2. The second kappa shape index (κ2) is 7.53. The van der Waals surface area contributed by atoms with Gasteiger partial charge in [0.25, 0.3) is 11.6 Å². The van der Waals surface area contributed by atoms with Gasteiger partial charge in [-0.2, -0.15) is 0 Å². The van der Waals surface area contributed by atoms with Gasteiger partial charge in [0, 0.05) is 30.8 Å². The number of nitrogens with one attached hydrogen (secondary N) is 1. The number of nitro benzene ring substituents is 1. The highest BCUT2D eigenvalue weighted by Gasteiger charge is 2.17. The summed E-state index contributed by atoms with van der Waals surface area (Å²) in [6.07, 6.45) is 4.24. The lowest BCUT2D eigenvalue weighted by atomic mass is 10.2. The number of carbonyl (C=O) groups is 2. The van der Waals surface area contributed by atoms with Crippen LogP contribution in [-0.4, -0.2) is 41.3 Å². The van der Waals surface area contributed by atoms with Gasteiger partial charge in [-0.3, -0.25) is 19.7 Å². The average molecular weight is 305 g/mol. The van der Waals surface area contributed by atoms with Crippen molar-refractivity contribution in [2.45, 2.75) is 25.7 Å². The highest BCUT2D eigenvalue weighted by Crippen LogP contribution is 2.13. The maximum atomic E-state index is 12.1. The number of nitro groups is 1. The van der Waals surface area contributed by atoms with Crippen LogP contribution in [-0.2, 0) is 4.79 Å². The Balaban J connectivity index is 1.90. The maximum Gasteiger partial charge on any atom is 0.270 e. The average Bonchev–Trinajstić information content (AvgIpc) is 2.81. The van der Waals surface area contributed by atoms with E-state index in [4.69, 9.17) is 0 Å². The van der Waals surface area contributed by atoms with Crippen LogP contribution in [0.15, 0.2) is 24.3 Å². The Morgan fingerprint density at radius 1 is 1.18 bits per heavy atom. The van der Waals surface area contributed by atoms with Crippen molar-refractivity contribution in [3.63, 3.8) is 0 Å². The van der Waals surface area contributed by atoms with Crippen molar-refractivity contribution in [1.82, 2.24) is 10.2 Å². The molecule has 0 bridgehead atoms. The zero-order valence-corrected chi connectivity index (χ0v) is 12.3. The SMILES string of the molecule is O=C(NCC(=O)N1CCCCCC1)c1cccc([N+](=O)[O-])c1. The second-order valence-corrected chi connectivity index (χ2v) is 5.29. The lowest BCUT2D eigenvalue weighted by Crippen LogP contribution is -2.40. The molecule has 1 heterocycles. The minimum absolute atomic E-state index is 0.0818. The first-order chi connectivity index (χ1) is 10.6. The molecule has 7 heteroatoms. The van der Waals surface area contributed by atoms with E-state index < -0.39 is 10.8 Å². The summed E-state index contributed by atoms with van der Waals surface area (Å²) in [6.45, 7) is 1.37. The molecule has 2 rings (SSSR count). The summed E-state index contributed by atoms with van der Waals surface area (Å²) in [4.78, 5) is 35.9. The fourth-order valence-corrected chi connectivity index (χ4v) is 2.45. The number of amides is 2. The number of non-ortho nitro benzene ring substituents is 1. The lowest BCUT2D eigenvalue weighted by molar-refractivity contribution is -0.384. The van der Waals surface area contributed by atoms with Gasteiger partial charge in [-0.15, -0.1) is 0 Å². The van der Waals surface area contributed by atoms with E-state index in [0.717, 1.165) is 38.8 Å². The van der Waals surface area contributed by atoms with Crippen LogP contribution >= 0.6 is 0 Å². The smallest absolute Gasteiger partial charge is 0.270 e. The van der Waals surface area contributed by atoms with Crippen LogP contribution in [0.25, 0.3) is 0 Å². The van der Waals surface area contributed by atoms with E-state index in [1.165, 1.54) is 24.3 Å². The second-order valence-electron chi connectivity index (χ2n) is 5.29. The normalized spacial score (nSPS) is 15.0. The molecule has 0 aliphatic carbocycles. The number of likely N-dealkylation sites (tertiary alicyclic amines) is 1. The van der Waals surface area contributed by atoms with Crippen LogP contribution in [0.1, 0.15) is 36.0 Å². The molecule has 0 spiro atoms. The van der Waals surface area contributed by atoms with Crippen molar-refractivity contribution in [3.8, 4) is 0 Å². The zero-order valence-electron chi connectivity index (χ0n) is 12.3. The first-order valence-corrected chi connectivity index (χ1v) is 7.38. The Morgan fingerprint density at radius 3 is 2.50 bits per heavy atom. The van der Waals surface area contributed by atoms with E-state index in [0.29, 0.717) is 0 Å². The number of carbonyl (C=O) groups excluding carboxylic acids is 2. The third-order valence-corrected chi connectivity index (χ3v) is 3.68. The van der Waals surface area contributed by atoms with Gasteiger partial charge in [0.1, 0.15) is 0 Å². The minimum atomic E-state index is -0.556. The van der Waals surface area contributed by atoms with Crippen LogP contribution in [0.3, 0.4) is 0 Å². The lowest BCUT2D eigenvalue weighted by Gasteiger charge is -2.20. The van der Waals surface area contributed by atoms with Gasteiger partial charge in [-0.25, -0.2) is 0 Å². The molecule has 1 aliphatic heterocycles. The summed E-state index contributed by atoms with van der Waals surface area (Å²) in [5.41, 5.74) is 0.0318. The molecule has 0 atom stereocenters. The minimum Gasteiger partial charge on any atom is -0.343 e. The molecule has 0 radical (unpaired) electrons. The molecule has 0 unspecified atom stereocenters. The summed E-state index contributed by atoms with van der Waals surface area (Å²) in [5.74, 6) is -0.590. The standard InChI is InChI=1S/C15H19N3O4/c19-14(17-8-3-1-2-4-9-17)11-16-15(20)12-6-5-7-13(10-12)18(21)22/h5-7,10H,1-4,8-9,11H2,(H,16,20). The molecule has 1 N–H and O–H groups in total. The molecule has 1 fully saturated rings. The molecule has 2 amide bonds. The third-order valence-electron chi connectivity index (χ3n) is 3.68. The van der Waals surface area contributed by atoms with Gasteiger partial charge < -0.3 is 10.2 Å². The van der Waals surface area contributed by atoms with E-state index in [-0.39, 0.29) is 23.7 Å². The molecular formula is C15H19N3O4. The fraction of sp³-hybridized carbons (Fsp3) is 0.467. The van der Waals surface area contributed by atoms with Crippen LogP contribution in [0.5, 0.6) is 0 Å². The molecule has 1 aliphatic rings. The molecular weight excluding hydrogens is 286 g/mol. The molecule has 0 saturated carbocycles. The van der Waals surface area contributed by atoms with Crippen molar-refractivity contribution in [1.29, 1.82) is 0 Å². The molecule has 1 aromatic rings. The van der Waals surface area contributed by atoms with Gasteiger partial charge in [0.15, 0.2) is 0 Å². The van der Waals surface area contributed by atoms with Gasteiger partial charge in [-0.1, -0.05) is 18.9 Å². The van der Waals surface area contributed by atoms with Crippen molar-refractivity contribution < 1.29 is 14.5 Å². The van der Waals surface area contributed by atoms with E-state index in [9.17, 15) is 19.7 Å². The predicted molar refractivity (Wildman–Crippen MR) is 80.5 cm³/mol. The van der Waals surface area contributed by atoms with Crippen molar-refractivity contribution in [3.05, 3.63) is 39.9 Å². The first kappa shape index (κ1) is 15.9. The number of hydrogen-bond acceptors (Lipinski definition) is 4. The monoisotopic (exact) mass is 305 g/mol. The third kappa shape index (κ3) is 4.28. The Bertz CT molecular complexity index is 566. The largest absolute Gasteiger partial charge is 0.343 e. The summed E-state index contributed by atoms with van der Waals surface area (Å²) in [5, 5.41) is 13.2. The first-order valence-electron chi connectivity index (χ1n) is 7.38. The van der Waals surface area contributed by atoms with Crippen LogP contribution in [0.2, 0.25) is 0 Å². The Labute approximate surface area is 128 Å². The van der Waals surface area contributed by atoms with Gasteiger partial charge in [0.2, 0.25) is 5.91 Å². The molecule has 7 nitrogen and oxygen atoms in total. The van der Waals surface area contributed by atoms with Crippen molar-refractivity contribution in [2.24, 2.45) is 0 Å². The Kier molecular flexibility index (Phi) is 5.46. The topological polar surface area (TPSA) is 92.6 Å². The molecule has 0 aromatic heterocycles. The molecule has 1 aromatic carbocycles. The van der Waals surface area contributed by atoms with E-state index in [2.05, 4.69) is 5.32 Å². The van der Waals surface area contributed by atoms with Crippen LogP contribution in [0, 0.1) is 10.1 Å². The van der Waals surface area contributed by atoms with Crippen LogP contribution in [0.4, 0.5) is 5.69 Å².